The maximum absolute atomic E-state index is 6.11. The lowest BCUT2D eigenvalue weighted by molar-refractivity contribution is 0.867. The fraction of sp³-hybridized carbons (Fsp3) is 0.200. The van der Waals surface area contributed by atoms with Gasteiger partial charge in [0.2, 0.25) is 0 Å². The molecule has 3 rings (SSSR count). The Morgan fingerprint density at radius 1 is 1.05 bits per heavy atom. The molecule has 0 spiro atoms. The van der Waals surface area contributed by atoms with Crippen molar-refractivity contribution < 1.29 is 0 Å². The summed E-state index contributed by atoms with van der Waals surface area (Å²) in [6.45, 7) is 4.34. The number of aromatic nitrogens is 3. The van der Waals surface area contributed by atoms with Gasteiger partial charge in [0.25, 0.3) is 0 Å². The number of halogens is 2. The molecule has 0 radical (unpaired) electrons. The van der Waals surface area contributed by atoms with Crippen LogP contribution in [0.15, 0.2) is 36.4 Å². The number of hydrogen-bond donors (Lipinski definition) is 0. The molecule has 3 aromatic rings. The molecule has 0 amide bonds. The van der Waals surface area contributed by atoms with E-state index in [-0.39, 0.29) is 0 Å². The van der Waals surface area contributed by atoms with E-state index in [0.29, 0.717) is 21.9 Å². The molecule has 20 heavy (non-hydrogen) atoms. The summed E-state index contributed by atoms with van der Waals surface area (Å²) in [5.41, 5.74) is 3.81. The molecular formula is C15H13Cl2N3. The Labute approximate surface area is 127 Å². The minimum atomic E-state index is 0.365. The first-order valence-corrected chi connectivity index (χ1v) is 7.12. The Morgan fingerprint density at radius 2 is 1.75 bits per heavy atom. The third-order valence-electron chi connectivity index (χ3n) is 3.23. The van der Waals surface area contributed by atoms with Crippen molar-refractivity contribution >= 4 is 28.8 Å². The Kier molecular flexibility index (Phi) is 3.40. The number of fused-ring (bicyclic) bond motifs is 1. The lowest BCUT2D eigenvalue weighted by Gasteiger charge is -2.05. The number of hydrogen-bond acceptors (Lipinski definition) is 2. The van der Waals surface area contributed by atoms with Gasteiger partial charge in [-0.1, -0.05) is 61.3 Å². The van der Waals surface area contributed by atoms with Crippen molar-refractivity contribution in [2.24, 2.45) is 0 Å². The van der Waals surface area contributed by atoms with Crippen molar-refractivity contribution in [2.75, 3.05) is 0 Å². The van der Waals surface area contributed by atoms with E-state index in [0.717, 1.165) is 11.3 Å². The zero-order valence-corrected chi connectivity index (χ0v) is 12.7. The topological polar surface area (TPSA) is 30.2 Å². The third kappa shape index (κ3) is 2.39. The van der Waals surface area contributed by atoms with Crippen LogP contribution in [0, 0.1) is 0 Å². The highest BCUT2D eigenvalue weighted by molar-refractivity contribution is 6.33. The molecule has 2 aromatic heterocycles. The van der Waals surface area contributed by atoms with E-state index in [1.54, 1.807) is 10.6 Å². The molecule has 0 aliphatic heterocycles. The first-order chi connectivity index (χ1) is 9.54. The second-order valence-electron chi connectivity index (χ2n) is 4.98. The predicted molar refractivity (Wildman–Crippen MR) is 82.5 cm³/mol. The summed E-state index contributed by atoms with van der Waals surface area (Å²) in [6.07, 6.45) is 0. The first-order valence-electron chi connectivity index (χ1n) is 6.37. The number of rotatable bonds is 2. The van der Waals surface area contributed by atoms with Crippen molar-refractivity contribution in [3.63, 3.8) is 0 Å². The second-order valence-corrected chi connectivity index (χ2v) is 5.75. The lowest BCUT2D eigenvalue weighted by Crippen LogP contribution is -1.92. The monoisotopic (exact) mass is 305 g/mol. The van der Waals surface area contributed by atoms with E-state index in [9.17, 15) is 0 Å². The molecule has 2 heterocycles. The normalized spacial score (nSPS) is 11.4. The number of benzene rings is 1. The quantitative estimate of drug-likeness (QED) is 0.635. The van der Waals surface area contributed by atoms with E-state index in [2.05, 4.69) is 48.2 Å². The molecule has 0 fully saturated rings. The van der Waals surface area contributed by atoms with Gasteiger partial charge in [-0.25, -0.2) is 9.50 Å². The van der Waals surface area contributed by atoms with Gasteiger partial charge < -0.3 is 0 Å². The van der Waals surface area contributed by atoms with Crippen LogP contribution in [0.25, 0.3) is 16.9 Å². The molecule has 5 heteroatoms. The molecule has 0 saturated carbocycles. The lowest BCUT2D eigenvalue weighted by atomic mass is 10.0. The van der Waals surface area contributed by atoms with Gasteiger partial charge in [-0.15, -0.1) is 0 Å². The average Bonchev–Trinajstić information content (AvgIpc) is 2.83. The molecule has 0 bridgehead atoms. The maximum Gasteiger partial charge on any atom is 0.159 e. The highest BCUT2D eigenvalue weighted by Gasteiger charge is 2.09. The second kappa shape index (κ2) is 5.08. The van der Waals surface area contributed by atoms with Gasteiger partial charge in [0.1, 0.15) is 10.3 Å². The molecule has 0 N–H and O–H groups in total. The minimum Gasteiger partial charge on any atom is -0.217 e. The molecule has 0 aliphatic carbocycles. The molecule has 102 valence electrons. The summed E-state index contributed by atoms with van der Waals surface area (Å²) in [4.78, 5) is 4.21. The van der Waals surface area contributed by atoms with Crippen molar-refractivity contribution in [1.82, 2.24) is 14.6 Å². The summed E-state index contributed by atoms with van der Waals surface area (Å²) in [5.74, 6) is 0.514. The molecule has 0 saturated heterocycles. The Balaban J connectivity index is 2.08. The highest BCUT2D eigenvalue weighted by atomic mass is 35.5. The molecule has 0 unspecified atom stereocenters. The Hall–Kier alpha value is -1.58. The fourth-order valence-corrected chi connectivity index (χ4v) is 2.56. The van der Waals surface area contributed by atoms with Gasteiger partial charge in [0.15, 0.2) is 5.65 Å². The number of nitrogens with zero attached hydrogens (tertiary/aromatic N) is 3. The summed E-state index contributed by atoms with van der Waals surface area (Å²) >= 11 is 12.0. The van der Waals surface area contributed by atoms with Crippen molar-refractivity contribution in [3.8, 4) is 11.3 Å². The molecule has 1 aromatic carbocycles. The average molecular weight is 306 g/mol. The van der Waals surface area contributed by atoms with Crippen LogP contribution in [0.4, 0.5) is 0 Å². The van der Waals surface area contributed by atoms with Crippen LogP contribution in [0.2, 0.25) is 10.3 Å². The van der Waals surface area contributed by atoms with Crippen molar-refractivity contribution in [1.29, 1.82) is 0 Å². The molecule has 3 nitrogen and oxygen atoms in total. The van der Waals surface area contributed by atoms with Gasteiger partial charge in [0.05, 0.1) is 5.69 Å². The Bertz CT molecular complexity index is 761. The van der Waals surface area contributed by atoms with Crippen molar-refractivity contribution in [3.05, 3.63) is 52.3 Å². The zero-order valence-electron chi connectivity index (χ0n) is 11.1. The van der Waals surface area contributed by atoms with Gasteiger partial charge in [-0.2, -0.15) is 5.10 Å². The van der Waals surface area contributed by atoms with E-state index >= 15 is 0 Å². The molecular weight excluding hydrogens is 293 g/mol. The van der Waals surface area contributed by atoms with Crippen LogP contribution in [0.1, 0.15) is 25.3 Å². The van der Waals surface area contributed by atoms with Crippen LogP contribution in [0.3, 0.4) is 0 Å². The van der Waals surface area contributed by atoms with E-state index in [4.69, 9.17) is 23.2 Å². The van der Waals surface area contributed by atoms with Gasteiger partial charge in [-0.05, 0) is 11.5 Å². The summed E-state index contributed by atoms with van der Waals surface area (Å²) in [6, 6.07) is 11.8. The van der Waals surface area contributed by atoms with Crippen LogP contribution < -0.4 is 0 Å². The van der Waals surface area contributed by atoms with Crippen LogP contribution >= 0.6 is 23.2 Å². The first kappa shape index (κ1) is 13.4. The van der Waals surface area contributed by atoms with Gasteiger partial charge in [-0.3, -0.25) is 0 Å². The van der Waals surface area contributed by atoms with E-state index in [1.165, 1.54) is 5.56 Å². The summed E-state index contributed by atoms with van der Waals surface area (Å²) < 4.78 is 1.58. The summed E-state index contributed by atoms with van der Waals surface area (Å²) in [7, 11) is 0. The van der Waals surface area contributed by atoms with E-state index < -0.39 is 0 Å². The standard InChI is InChI=1S/C15H13Cl2N3/c1-9(2)10-3-5-11(6-4-10)12-7-15-18-13(16)8-14(17)20(15)19-12/h3-9H,1-2H3. The maximum atomic E-state index is 6.11. The highest BCUT2D eigenvalue weighted by Crippen LogP contribution is 2.24. The van der Waals surface area contributed by atoms with Gasteiger partial charge >= 0.3 is 0 Å². The Morgan fingerprint density at radius 3 is 2.40 bits per heavy atom. The fourth-order valence-electron chi connectivity index (χ4n) is 2.09. The predicted octanol–water partition coefficient (Wildman–Crippen LogP) is 4.83. The van der Waals surface area contributed by atoms with Crippen LogP contribution in [0.5, 0.6) is 0 Å². The van der Waals surface area contributed by atoms with Crippen molar-refractivity contribution in [2.45, 2.75) is 19.8 Å². The van der Waals surface area contributed by atoms with Gasteiger partial charge in [0, 0.05) is 17.7 Å². The summed E-state index contributed by atoms with van der Waals surface area (Å²) in [5, 5.41) is 5.28. The van der Waals surface area contributed by atoms with Crippen LogP contribution in [-0.2, 0) is 0 Å². The minimum absolute atomic E-state index is 0.365. The smallest absolute Gasteiger partial charge is 0.159 e. The third-order valence-corrected chi connectivity index (χ3v) is 3.69. The molecule has 0 aliphatic rings. The zero-order chi connectivity index (χ0) is 14.3. The SMILES string of the molecule is CC(C)c1ccc(-c2cc3nc(Cl)cc(Cl)n3n2)cc1. The largest absolute Gasteiger partial charge is 0.217 e. The molecule has 0 atom stereocenters. The van der Waals surface area contributed by atoms with Crippen LogP contribution in [-0.4, -0.2) is 14.6 Å². The van der Waals surface area contributed by atoms with E-state index in [1.807, 2.05) is 6.07 Å².